The molecule has 0 spiro atoms. The molecule has 0 saturated heterocycles. The lowest BCUT2D eigenvalue weighted by Gasteiger charge is -2.30. The van der Waals surface area contributed by atoms with E-state index in [4.69, 9.17) is 15.2 Å². The van der Waals surface area contributed by atoms with Gasteiger partial charge < -0.3 is 20.3 Å². The molecule has 1 fully saturated rings. The number of benzene rings is 1. The number of hydrogen-bond acceptors (Lipinski definition) is 8. The number of aryl methyl sites for hydroxylation is 1. The van der Waals surface area contributed by atoms with Crippen LogP contribution in [0.2, 0.25) is 0 Å². The first kappa shape index (κ1) is 30.5. The van der Waals surface area contributed by atoms with Crippen LogP contribution in [0.5, 0.6) is 5.75 Å². The fourth-order valence-electron chi connectivity index (χ4n) is 5.81. The maximum atomic E-state index is 14.2. The molecule has 1 atom stereocenters. The van der Waals surface area contributed by atoms with Crippen molar-refractivity contribution < 1.29 is 24.2 Å². The van der Waals surface area contributed by atoms with Crippen LogP contribution in [0, 0.1) is 12.8 Å². The maximum Gasteiger partial charge on any atom is 0.348 e. The van der Waals surface area contributed by atoms with Crippen LogP contribution in [0.25, 0.3) is 10.2 Å². The highest BCUT2D eigenvalue weighted by Crippen LogP contribution is 2.38. The van der Waals surface area contributed by atoms with Gasteiger partial charge in [0.2, 0.25) is 5.91 Å². The highest BCUT2D eigenvalue weighted by atomic mass is 32.1. The number of nitrogens with two attached hydrogens (primary N) is 1. The van der Waals surface area contributed by atoms with Gasteiger partial charge in [0.25, 0.3) is 5.56 Å². The molecule has 0 unspecified atom stereocenters. The second kappa shape index (κ2) is 12.2. The van der Waals surface area contributed by atoms with Crippen LogP contribution in [0.4, 0.5) is 0 Å². The number of aliphatic hydroxyl groups excluding tert-OH is 1. The minimum absolute atomic E-state index is 0.157. The predicted octanol–water partition coefficient (Wildman–Crippen LogP) is 3.66. The van der Waals surface area contributed by atoms with Gasteiger partial charge in [0, 0.05) is 12.5 Å². The molecule has 10 nitrogen and oxygen atoms in total. The number of thiophene rings is 1. The number of nitrogens with zero attached hydrogens (tertiary/aromatic N) is 2. The molecule has 2 heterocycles. The number of aliphatic hydroxyl groups is 1. The summed E-state index contributed by atoms with van der Waals surface area (Å²) in [6, 6.07) is 7.64. The third-order valence-electron chi connectivity index (χ3n) is 8.25. The van der Waals surface area contributed by atoms with Crippen molar-refractivity contribution in [1.82, 2.24) is 9.13 Å². The number of rotatable bonds is 10. The molecule has 3 aromatic rings. The van der Waals surface area contributed by atoms with Crippen LogP contribution in [-0.2, 0) is 21.6 Å². The van der Waals surface area contributed by atoms with Gasteiger partial charge in [-0.2, -0.15) is 0 Å². The van der Waals surface area contributed by atoms with E-state index in [1.54, 1.807) is 21.0 Å². The van der Waals surface area contributed by atoms with Gasteiger partial charge >= 0.3 is 11.7 Å². The lowest BCUT2D eigenvalue weighted by Crippen LogP contribution is -2.54. The number of primary amides is 1. The van der Waals surface area contributed by atoms with Gasteiger partial charge in [-0.3, -0.25) is 14.2 Å². The lowest BCUT2D eigenvalue weighted by molar-refractivity contribution is -0.125. The molecule has 1 saturated carbocycles. The zero-order valence-corrected chi connectivity index (χ0v) is 25.1. The van der Waals surface area contributed by atoms with Gasteiger partial charge in [-0.05, 0) is 82.9 Å². The molecule has 2 aromatic heterocycles. The van der Waals surface area contributed by atoms with E-state index in [0.717, 1.165) is 47.2 Å². The number of fused-ring (bicyclic) bond motifs is 1. The van der Waals surface area contributed by atoms with E-state index in [-0.39, 0.29) is 35.4 Å². The zero-order valence-electron chi connectivity index (χ0n) is 24.3. The summed E-state index contributed by atoms with van der Waals surface area (Å²) in [5.74, 6) is -0.621. The van der Waals surface area contributed by atoms with E-state index in [0.29, 0.717) is 28.5 Å². The molecule has 0 radical (unpaired) electrons. The third-order valence-corrected chi connectivity index (χ3v) is 9.55. The number of aromatic nitrogens is 2. The van der Waals surface area contributed by atoms with E-state index in [2.05, 4.69) is 0 Å². The molecular formula is C30H39N3O7S. The molecule has 0 aliphatic heterocycles. The summed E-state index contributed by atoms with van der Waals surface area (Å²) in [4.78, 5) is 53.9. The molecule has 4 rings (SSSR count). The second-order valence-electron chi connectivity index (χ2n) is 11.3. The number of carbonyl (C=O) groups is 2. The van der Waals surface area contributed by atoms with Gasteiger partial charge in [-0.25, -0.2) is 14.2 Å². The number of methoxy groups -OCH3 is 1. The van der Waals surface area contributed by atoms with Crippen molar-refractivity contribution >= 4 is 33.4 Å². The van der Waals surface area contributed by atoms with E-state index >= 15 is 0 Å². The number of hydrogen-bond donors (Lipinski definition) is 2. The van der Waals surface area contributed by atoms with Crippen LogP contribution in [-0.4, -0.2) is 45.9 Å². The van der Waals surface area contributed by atoms with Crippen molar-refractivity contribution in [3.05, 3.63) is 61.1 Å². The molecule has 41 heavy (non-hydrogen) atoms. The Bertz CT molecular complexity index is 1560. The molecule has 3 N–H and O–H groups in total. The number of ether oxygens (including phenoxy) is 2. The summed E-state index contributed by atoms with van der Waals surface area (Å²) in [5.41, 5.74) is 4.00. The van der Waals surface area contributed by atoms with E-state index in [1.807, 2.05) is 24.3 Å². The number of amides is 1. The Kier molecular flexibility index (Phi) is 9.08. The quantitative estimate of drug-likeness (QED) is 0.346. The Balaban J connectivity index is 1.97. The van der Waals surface area contributed by atoms with Crippen LogP contribution >= 0.6 is 11.3 Å². The van der Waals surface area contributed by atoms with Gasteiger partial charge in [0.1, 0.15) is 21.0 Å². The normalized spacial score (nSPS) is 18.3. The van der Waals surface area contributed by atoms with Crippen LogP contribution < -0.4 is 21.7 Å². The number of carbonyl (C=O) groups excluding carboxylic acids is 2. The van der Waals surface area contributed by atoms with Crippen molar-refractivity contribution in [3.8, 4) is 5.75 Å². The molecule has 222 valence electrons. The van der Waals surface area contributed by atoms with Gasteiger partial charge in [-0.1, -0.05) is 18.2 Å². The predicted molar refractivity (Wildman–Crippen MR) is 158 cm³/mol. The Morgan fingerprint density at radius 1 is 1.17 bits per heavy atom. The van der Waals surface area contributed by atoms with Crippen LogP contribution in [0.1, 0.15) is 79.6 Å². The average Bonchev–Trinajstić information content (AvgIpc) is 3.28. The smallest absolute Gasteiger partial charge is 0.348 e. The molecular weight excluding hydrogens is 546 g/mol. The summed E-state index contributed by atoms with van der Waals surface area (Å²) >= 11 is 1.04. The average molecular weight is 586 g/mol. The molecule has 1 aliphatic rings. The molecule has 0 bridgehead atoms. The highest BCUT2D eigenvalue weighted by Gasteiger charge is 2.35. The van der Waals surface area contributed by atoms with Gasteiger partial charge in [0.15, 0.2) is 0 Å². The maximum absolute atomic E-state index is 14.2. The lowest BCUT2D eigenvalue weighted by atomic mass is 9.79. The van der Waals surface area contributed by atoms with E-state index < -0.39 is 28.7 Å². The SMILES string of the molecule is CCOC(=O)c1sc2c(c1C)c(=O)n(C(C)(C)C(N)=O)c(=O)n2C[C@H](C[C@H]1CC[C@@H](O)CC1)c1ccccc1OC. The van der Waals surface area contributed by atoms with Crippen molar-refractivity contribution in [1.29, 1.82) is 0 Å². The fourth-order valence-corrected chi connectivity index (χ4v) is 7.00. The van der Waals surface area contributed by atoms with Gasteiger partial charge in [0.05, 0.1) is 25.2 Å². The zero-order chi connectivity index (χ0) is 30.1. The van der Waals surface area contributed by atoms with Crippen molar-refractivity contribution in [2.24, 2.45) is 11.7 Å². The highest BCUT2D eigenvalue weighted by molar-refractivity contribution is 7.20. The first-order valence-corrected chi connectivity index (χ1v) is 14.8. The third kappa shape index (κ3) is 5.83. The standard InChI is InChI=1S/C30H39N3O7S/c1-6-40-27(36)24-17(2)23-25(35)33(30(3,4)28(31)37)29(38)32(26(23)41-24)16-19(15-18-11-13-20(34)14-12-18)21-9-7-8-10-22(21)39-5/h7-10,18-20,34H,6,11-16H2,1-5H3,(H2,31,37)/t18-,19-,20+/m0/s1. The van der Waals surface area contributed by atoms with Crippen molar-refractivity contribution in [3.63, 3.8) is 0 Å². The topological polar surface area (TPSA) is 143 Å². The summed E-state index contributed by atoms with van der Waals surface area (Å²) in [5, 5.41) is 10.3. The number of esters is 1. The summed E-state index contributed by atoms with van der Waals surface area (Å²) in [6.07, 6.45) is 3.57. The molecule has 11 heteroatoms. The second-order valence-corrected chi connectivity index (χ2v) is 12.3. The molecule has 1 amide bonds. The van der Waals surface area contributed by atoms with E-state index in [1.165, 1.54) is 18.4 Å². The monoisotopic (exact) mass is 585 g/mol. The first-order chi connectivity index (χ1) is 19.4. The largest absolute Gasteiger partial charge is 0.496 e. The van der Waals surface area contributed by atoms with Crippen molar-refractivity contribution in [2.45, 2.75) is 83.9 Å². The van der Waals surface area contributed by atoms with Gasteiger partial charge in [-0.15, -0.1) is 11.3 Å². The Labute approximate surface area is 242 Å². The molecule has 1 aromatic carbocycles. The van der Waals surface area contributed by atoms with Crippen LogP contribution in [0.15, 0.2) is 33.9 Å². The molecule has 1 aliphatic carbocycles. The summed E-state index contributed by atoms with van der Waals surface area (Å²) in [7, 11) is 1.60. The van der Waals surface area contributed by atoms with E-state index in [9.17, 15) is 24.3 Å². The Hall–Kier alpha value is -3.44. The van der Waals surface area contributed by atoms with Crippen LogP contribution in [0.3, 0.4) is 0 Å². The Morgan fingerprint density at radius 3 is 2.44 bits per heavy atom. The minimum Gasteiger partial charge on any atom is -0.496 e. The fraction of sp³-hybridized carbons (Fsp3) is 0.533. The number of para-hydroxylation sites is 1. The minimum atomic E-state index is -1.62. The summed E-state index contributed by atoms with van der Waals surface area (Å²) in [6.45, 7) is 6.55. The van der Waals surface area contributed by atoms with Crippen molar-refractivity contribution in [2.75, 3.05) is 13.7 Å². The summed E-state index contributed by atoms with van der Waals surface area (Å²) < 4.78 is 13.3. The first-order valence-electron chi connectivity index (χ1n) is 14.0. The Morgan fingerprint density at radius 2 is 1.83 bits per heavy atom.